The van der Waals surface area contributed by atoms with E-state index in [0.29, 0.717) is 0 Å². The van der Waals surface area contributed by atoms with Gasteiger partial charge in [-0.15, -0.1) is 0 Å². The zero-order chi connectivity index (χ0) is 9.14. The van der Waals surface area contributed by atoms with Crippen LogP contribution in [-0.2, 0) is 0 Å². The average molecular weight is 162 g/mol. The topological polar surface area (TPSA) is 28.7 Å². The van der Waals surface area contributed by atoms with Crippen LogP contribution >= 0.6 is 0 Å². The first kappa shape index (κ1) is 8.78. The highest BCUT2D eigenvalue weighted by Crippen LogP contribution is 2.08. The smallest absolute Gasteiger partial charge is 0.0581 e. The SMILES string of the molecule is C=C(C)/C(CC)=c1/cn[nH]c1=C. The minimum atomic E-state index is 0.870. The van der Waals surface area contributed by atoms with E-state index in [4.69, 9.17) is 0 Å². The maximum Gasteiger partial charge on any atom is 0.0581 e. The molecule has 1 N–H and O–H groups in total. The highest BCUT2D eigenvalue weighted by molar-refractivity contribution is 5.61. The van der Waals surface area contributed by atoms with E-state index in [1.54, 1.807) is 6.20 Å². The molecule has 1 aromatic heterocycles. The van der Waals surface area contributed by atoms with E-state index in [1.807, 2.05) is 6.92 Å². The zero-order valence-corrected chi connectivity index (χ0v) is 7.65. The number of H-pyrrole nitrogens is 1. The molecule has 0 radical (unpaired) electrons. The van der Waals surface area contributed by atoms with Crippen molar-refractivity contribution >= 4 is 12.2 Å². The molecule has 0 aliphatic heterocycles. The highest BCUT2D eigenvalue weighted by Gasteiger charge is 1.97. The molecule has 0 aromatic carbocycles. The summed E-state index contributed by atoms with van der Waals surface area (Å²) in [6.07, 6.45) is 2.77. The van der Waals surface area contributed by atoms with E-state index in [1.165, 1.54) is 5.57 Å². The molecule has 2 heteroatoms. The third-order valence-electron chi connectivity index (χ3n) is 1.91. The van der Waals surface area contributed by atoms with E-state index in [-0.39, 0.29) is 0 Å². The van der Waals surface area contributed by atoms with Crippen molar-refractivity contribution in [2.75, 3.05) is 0 Å². The normalized spacial score (nSPS) is 12.8. The summed E-state index contributed by atoms with van der Waals surface area (Å²) in [5.74, 6) is 0. The van der Waals surface area contributed by atoms with Crippen LogP contribution in [0.15, 0.2) is 18.3 Å². The van der Waals surface area contributed by atoms with Gasteiger partial charge in [0, 0.05) is 5.22 Å². The fourth-order valence-electron chi connectivity index (χ4n) is 1.30. The molecule has 0 bridgehead atoms. The van der Waals surface area contributed by atoms with Crippen LogP contribution in [0.4, 0.5) is 0 Å². The molecule has 0 aliphatic carbocycles. The van der Waals surface area contributed by atoms with Crippen LogP contribution in [0.25, 0.3) is 12.2 Å². The van der Waals surface area contributed by atoms with Crippen molar-refractivity contribution in [2.24, 2.45) is 0 Å². The monoisotopic (exact) mass is 162 g/mol. The number of aromatic nitrogens is 2. The van der Waals surface area contributed by atoms with Crippen LogP contribution in [0.5, 0.6) is 0 Å². The van der Waals surface area contributed by atoms with Gasteiger partial charge in [0.25, 0.3) is 0 Å². The first-order valence-electron chi connectivity index (χ1n) is 4.04. The van der Waals surface area contributed by atoms with Crippen LogP contribution in [0.2, 0.25) is 0 Å². The number of hydrogen-bond donors (Lipinski definition) is 1. The molecule has 1 heterocycles. The molecule has 2 nitrogen and oxygen atoms in total. The Bertz CT molecular complexity index is 384. The first-order chi connectivity index (χ1) is 5.66. The van der Waals surface area contributed by atoms with Gasteiger partial charge in [-0.05, 0) is 18.9 Å². The molecule has 0 fully saturated rings. The lowest BCUT2D eigenvalue weighted by atomic mass is 10.1. The molecule has 0 aliphatic rings. The summed E-state index contributed by atoms with van der Waals surface area (Å²) in [6, 6.07) is 0. The Balaban J connectivity index is 3.48. The summed E-state index contributed by atoms with van der Waals surface area (Å²) in [7, 11) is 0. The van der Waals surface area contributed by atoms with Gasteiger partial charge < -0.3 is 0 Å². The molecule has 0 atom stereocenters. The van der Waals surface area contributed by atoms with Crippen molar-refractivity contribution in [3.8, 4) is 0 Å². The Hall–Kier alpha value is -1.31. The first-order valence-corrected chi connectivity index (χ1v) is 4.04. The lowest BCUT2D eigenvalue weighted by molar-refractivity contribution is 1.06. The van der Waals surface area contributed by atoms with Crippen molar-refractivity contribution in [2.45, 2.75) is 20.3 Å². The molecular formula is C10H14N2. The van der Waals surface area contributed by atoms with Gasteiger partial charge in [0.15, 0.2) is 0 Å². The van der Waals surface area contributed by atoms with Crippen LogP contribution in [-0.4, -0.2) is 10.2 Å². The van der Waals surface area contributed by atoms with Crippen molar-refractivity contribution in [3.63, 3.8) is 0 Å². The lowest BCUT2D eigenvalue weighted by Crippen LogP contribution is -2.23. The molecule has 0 unspecified atom stereocenters. The van der Waals surface area contributed by atoms with E-state index < -0.39 is 0 Å². The van der Waals surface area contributed by atoms with Crippen LogP contribution in [0, 0.1) is 0 Å². The molecule has 0 amide bonds. The van der Waals surface area contributed by atoms with Gasteiger partial charge in [-0.3, -0.25) is 5.10 Å². The highest BCUT2D eigenvalue weighted by atomic mass is 15.1. The summed E-state index contributed by atoms with van der Waals surface area (Å²) >= 11 is 0. The van der Waals surface area contributed by atoms with Gasteiger partial charge in [0.05, 0.1) is 11.5 Å². The molecular weight excluding hydrogens is 148 g/mol. The third kappa shape index (κ3) is 1.47. The van der Waals surface area contributed by atoms with E-state index >= 15 is 0 Å². The molecule has 12 heavy (non-hydrogen) atoms. The summed E-state index contributed by atoms with van der Waals surface area (Å²) in [5, 5.41) is 8.70. The lowest BCUT2D eigenvalue weighted by Gasteiger charge is -1.99. The minimum absolute atomic E-state index is 0.870. The third-order valence-corrected chi connectivity index (χ3v) is 1.91. The van der Waals surface area contributed by atoms with Crippen LogP contribution in [0.1, 0.15) is 20.3 Å². The molecule has 0 saturated carbocycles. The Morgan fingerprint density at radius 1 is 1.67 bits per heavy atom. The van der Waals surface area contributed by atoms with Gasteiger partial charge >= 0.3 is 0 Å². The predicted molar refractivity (Wildman–Crippen MR) is 51.9 cm³/mol. The van der Waals surface area contributed by atoms with E-state index in [0.717, 1.165) is 22.6 Å². The fraction of sp³-hybridized carbons (Fsp3) is 0.300. The summed E-state index contributed by atoms with van der Waals surface area (Å²) < 4.78 is 0. The van der Waals surface area contributed by atoms with Crippen molar-refractivity contribution in [1.29, 1.82) is 0 Å². The molecule has 0 saturated heterocycles. The number of nitrogens with one attached hydrogen (secondary N) is 1. The quantitative estimate of drug-likeness (QED) is 0.689. The van der Waals surface area contributed by atoms with E-state index in [2.05, 4.69) is 30.3 Å². The molecule has 1 rings (SSSR count). The average Bonchev–Trinajstić information content (AvgIpc) is 2.38. The Morgan fingerprint density at radius 3 is 2.67 bits per heavy atom. The number of aromatic amines is 1. The maximum atomic E-state index is 3.92. The second kappa shape index (κ2) is 3.39. The Morgan fingerprint density at radius 2 is 2.33 bits per heavy atom. The van der Waals surface area contributed by atoms with Crippen molar-refractivity contribution in [3.05, 3.63) is 28.9 Å². The van der Waals surface area contributed by atoms with Crippen LogP contribution < -0.4 is 10.6 Å². The van der Waals surface area contributed by atoms with Gasteiger partial charge in [0.1, 0.15) is 0 Å². The molecule has 64 valence electrons. The standard InChI is InChI=1S/C10H14N2/c1-5-9(7(2)3)10-6-11-12-8(10)4/h6,12H,2,4-5H2,1,3H3/b10-9-. The largest absolute Gasteiger partial charge is 0.278 e. The van der Waals surface area contributed by atoms with Gasteiger partial charge in [-0.1, -0.05) is 25.7 Å². The van der Waals surface area contributed by atoms with E-state index in [9.17, 15) is 0 Å². The number of nitrogens with zero attached hydrogens (tertiary/aromatic N) is 1. The summed E-state index contributed by atoms with van der Waals surface area (Å²) in [6.45, 7) is 11.9. The second-order valence-corrected chi connectivity index (χ2v) is 2.87. The number of hydrogen-bond acceptors (Lipinski definition) is 1. The summed E-state index contributed by atoms with van der Waals surface area (Å²) in [5.41, 5.74) is 2.32. The minimum Gasteiger partial charge on any atom is -0.278 e. The van der Waals surface area contributed by atoms with Crippen molar-refractivity contribution in [1.82, 2.24) is 10.2 Å². The van der Waals surface area contributed by atoms with Gasteiger partial charge in [-0.2, -0.15) is 5.10 Å². The van der Waals surface area contributed by atoms with Gasteiger partial charge in [-0.25, -0.2) is 0 Å². The molecule has 1 aromatic rings. The second-order valence-electron chi connectivity index (χ2n) is 2.87. The number of rotatable bonds is 2. The molecule has 0 spiro atoms. The Labute approximate surface area is 72.3 Å². The predicted octanol–water partition coefficient (Wildman–Crippen LogP) is 0.957. The van der Waals surface area contributed by atoms with Gasteiger partial charge in [0.2, 0.25) is 0 Å². The Kier molecular flexibility index (Phi) is 2.48. The summed E-state index contributed by atoms with van der Waals surface area (Å²) in [4.78, 5) is 0. The maximum absolute atomic E-state index is 3.92. The van der Waals surface area contributed by atoms with Crippen LogP contribution in [0.3, 0.4) is 0 Å². The number of allylic oxidation sites excluding steroid dienone is 1. The fourth-order valence-corrected chi connectivity index (χ4v) is 1.30. The zero-order valence-electron chi connectivity index (χ0n) is 7.65. The van der Waals surface area contributed by atoms with Crippen molar-refractivity contribution < 1.29 is 0 Å².